The quantitative estimate of drug-likeness (QED) is 0.337. The highest BCUT2D eigenvalue weighted by Crippen LogP contribution is 2.39. The first-order valence-electron chi connectivity index (χ1n) is 12.3. The lowest BCUT2D eigenvalue weighted by Crippen LogP contribution is -2.38. The number of aliphatic hydroxyl groups excluding tert-OH is 3. The number of rotatable bonds is 5. The summed E-state index contributed by atoms with van der Waals surface area (Å²) in [5, 5.41) is 30.4. The van der Waals surface area contributed by atoms with E-state index in [9.17, 15) is 15.3 Å². The van der Waals surface area contributed by atoms with Crippen LogP contribution in [0.1, 0.15) is 17.4 Å². The maximum atomic E-state index is 10.6. The van der Waals surface area contributed by atoms with Gasteiger partial charge in [-0.05, 0) is 28.8 Å². The molecule has 9 nitrogen and oxygen atoms in total. The molecule has 1 saturated heterocycles. The average Bonchev–Trinajstić information content (AvgIpc) is 3.39. The van der Waals surface area contributed by atoms with Crippen LogP contribution in [0.5, 0.6) is 0 Å². The number of benzene rings is 2. The molecule has 2 aliphatic rings. The Kier molecular flexibility index (Phi) is 6.46. The van der Waals surface area contributed by atoms with Gasteiger partial charge in [-0.1, -0.05) is 72.8 Å². The van der Waals surface area contributed by atoms with Gasteiger partial charge in [-0.15, -0.1) is 0 Å². The molecule has 0 spiro atoms. The van der Waals surface area contributed by atoms with Crippen LogP contribution in [-0.4, -0.2) is 66.3 Å². The van der Waals surface area contributed by atoms with E-state index < -0.39 is 36.6 Å². The number of aliphatic hydroxyl groups is 3. The molecule has 0 unspecified atom stereocenters. The van der Waals surface area contributed by atoms with Crippen LogP contribution in [0.2, 0.25) is 5.28 Å². The molecule has 2 aromatic heterocycles. The van der Waals surface area contributed by atoms with Gasteiger partial charge in [0.25, 0.3) is 0 Å². The van der Waals surface area contributed by atoms with Crippen molar-refractivity contribution in [2.45, 2.75) is 30.0 Å². The minimum Gasteiger partial charge on any atom is -0.394 e. The smallest absolute Gasteiger partial charge is 0.226 e. The fraction of sp³-hybridized carbons (Fsp3) is 0.250. The third kappa shape index (κ3) is 4.09. The zero-order valence-electron chi connectivity index (χ0n) is 20.2. The summed E-state index contributed by atoms with van der Waals surface area (Å²) >= 11 is 6.42. The summed E-state index contributed by atoms with van der Waals surface area (Å²) in [6.07, 6.45) is 5.09. The van der Waals surface area contributed by atoms with Gasteiger partial charge in [-0.3, -0.25) is 4.57 Å². The van der Waals surface area contributed by atoms with Crippen molar-refractivity contribution in [2.24, 2.45) is 0 Å². The fourth-order valence-electron chi connectivity index (χ4n) is 5.28. The number of hydrogen-bond acceptors (Lipinski definition) is 8. The highest BCUT2D eigenvalue weighted by atomic mass is 35.5. The number of imidazole rings is 1. The minimum absolute atomic E-state index is 0.00313. The number of ether oxygens (including phenoxy) is 1. The van der Waals surface area contributed by atoms with Crippen molar-refractivity contribution < 1.29 is 20.1 Å². The molecule has 0 saturated carbocycles. The van der Waals surface area contributed by atoms with Gasteiger partial charge in [0, 0.05) is 12.7 Å². The lowest BCUT2D eigenvalue weighted by atomic mass is 9.74. The third-order valence-corrected chi connectivity index (χ3v) is 7.36. The van der Waals surface area contributed by atoms with E-state index in [2.05, 4.69) is 45.3 Å². The molecule has 3 N–H and O–H groups in total. The van der Waals surface area contributed by atoms with Crippen LogP contribution in [0.25, 0.3) is 11.2 Å². The van der Waals surface area contributed by atoms with Crippen LogP contribution in [-0.2, 0) is 10.2 Å². The van der Waals surface area contributed by atoms with Crippen molar-refractivity contribution >= 4 is 28.6 Å². The third-order valence-electron chi connectivity index (χ3n) is 7.19. The van der Waals surface area contributed by atoms with Crippen LogP contribution in [0, 0.1) is 0 Å². The van der Waals surface area contributed by atoms with E-state index in [4.69, 9.17) is 16.3 Å². The first-order chi connectivity index (χ1) is 18.5. The van der Waals surface area contributed by atoms with E-state index in [-0.39, 0.29) is 5.28 Å². The number of aromatic nitrogens is 4. The lowest BCUT2D eigenvalue weighted by molar-refractivity contribution is -0.0511. The number of anilines is 1. The topological polar surface area (TPSA) is 117 Å². The Bertz CT molecular complexity index is 1450. The number of nitrogens with zero attached hydrogens (tertiary/aromatic N) is 5. The molecule has 4 atom stereocenters. The number of allylic oxidation sites excluding steroid dienone is 2. The Morgan fingerprint density at radius 2 is 1.63 bits per heavy atom. The van der Waals surface area contributed by atoms with Gasteiger partial charge >= 0.3 is 0 Å². The van der Waals surface area contributed by atoms with Crippen molar-refractivity contribution in [3.05, 3.63) is 108 Å². The van der Waals surface area contributed by atoms with Crippen LogP contribution in [0.15, 0.2) is 91.4 Å². The van der Waals surface area contributed by atoms with E-state index in [1.165, 1.54) is 10.9 Å². The summed E-state index contributed by atoms with van der Waals surface area (Å²) in [6.45, 7) is 0.0617. The van der Waals surface area contributed by atoms with Crippen LogP contribution >= 0.6 is 11.6 Å². The molecule has 4 aromatic rings. The zero-order valence-corrected chi connectivity index (χ0v) is 21.0. The SMILES string of the molecule is OC[C@H]1O[C@@H](n2cnc3c(N4C=CC=CC(c5ccccc5)(c5ccccc5)C4)nc(Cl)nc32)[C@H](O)[C@@H]1O. The van der Waals surface area contributed by atoms with Gasteiger partial charge in [0.05, 0.1) is 18.3 Å². The van der Waals surface area contributed by atoms with Crippen molar-refractivity contribution in [2.75, 3.05) is 18.1 Å². The summed E-state index contributed by atoms with van der Waals surface area (Å²) in [6, 6.07) is 20.5. The van der Waals surface area contributed by atoms with Crippen LogP contribution in [0.4, 0.5) is 5.82 Å². The van der Waals surface area contributed by atoms with Crippen molar-refractivity contribution in [1.29, 1.82) is 0 Å². The molecule has 0 aliphatic carbocycles. The van der Waals surface area contributed by atoms with E-state index in [1.807, 2.05) is 59.7 Å². The first-order valence-corrected chi connectivity index (χ1v) is 12.7. The molecule has 10 heteroatoms. The van der Waals surface area contributed by atoms with Crippen molar-refractivity contribution in [1.82, 2.24) is 19.5 Å². The number of halogens is 1. The van der Waals surface area contributed by atoms with Gasteiger partial charge in [0.15, 0.2) is 23.2 Å². The number of fused-ring (bicyclic) bond motifs is 1. The Hall–Kier alpha value is -3.60. The second-order valence-corrected chi connectivity index (χ2v) is 9.74. The molecule has 0 bridgehead atoms. The summed E-state index contributed by atoms with van der Waals surface area (Å²) in [7, 11) is 0. The monoisotopic (exact) mass is 531 g/mol. The second kappa shape index (κ2) is 9.94. The largest absolute Gasteiger partial charge is 0.394 e. The van der Waals surface area contributed by atoms with E-state index in [0.29, 0.717) is 23.5 Å². The molecule has 6 rings (SSSR count). The molecule has 2 aromatic carbocycles. The van der Waals surface area contributed by atoms with Crippen LogP contribution in [0.3, 0.4) is 0 Å². The maximum absolute atomic E-state index is 10.6. The molecule has 0 radical (unpaired) electrons. The average molecular weight is 532 g/mol. The Morgan fingerprint density at radius 3 is 2.26 bits per heavy atom. The second-order valence-electron chi connectivity index (χ2n) is 9.40. The van der Waals surface area contributed by atoms with Crippen molar-refractivity contribution in [3.8, 4) is 0 Å². The Morgan fingerprint density at radius 1 is 0.947 bits per heavy atom. The van der Waals surface area contributed by atoms with E-state index >= 15 is 0 Å². The molecule has 0 amide bonds. The van der Waals surface area contributed by atoms with Crippen LogP contribution < -0.4 is 4.90 Å². The summed E-state index contributed by atoms with van der Waals surface area (Å²) in [5.41, 5.74) is 2.51. The lowest BCUT2D eigenvalue weighted by Gasteiger charge is -2.36. The standard InChI is InChI=1S/C28H26ClN5O4/c29-27-31-24(21-25(32-27)34(17-30-21)26-23(37)22(36)20(15-35)38-26)33-14-8-7-13-28(16-33,18-9-3-1-4-10-18)19-11-5-2-6-12-19/h1-14,17,20,22-23,26,35-37H,15-16H2/t20-,22-,23-,26-/m1/s1. The fourth-order valence-corrected chi connectivity index (χ4v) is 5.44. The molecule has 4 heterocycles. The highest BCUT2D eigenvalue weighted by molar-refractivity contribution is 6.28. The molecule has 1 fully saturated rings. The normalized spacial score (nSPS) is 24.7. The highest BCUT2D eigenvalue weighted by Gasteiger charge is 2.44. The Balaban J connectivity index is 1.46. The molecule has 2 aliphatic heterocycles. The summed E-state index contributed by atoms with van der Waals surface area (Å²) < 4.78 is 7.22. The van der Waals surface area contributed by atoms with Gasteiger partial charge in [-0.2, -0.15) is 9.97 Å². The van der Waals surface area contributed by atoms with Gasteiger partial charge in [0.1, 0.15) is 18.3 Å². The summed E-state index contributed by atoms with van der Waals surface area (Å²) in [4.78, 5) is 15.5. The summed E-state index contributed by atoms with van der Waals surface area (Å²) in [5.74, 6) is 0.488. The van der Waals surface area contributed by atoms with E-state index in [1.54, 1.807) is 0 Å². The number of hydrogen-bond donors (Lipinski definition) is 3. The van der Waals surface area contributed by atoms with Crippen molar-refractivity contribution in [3.63, 3.8) is 0 Å². The predicted octanol–water partition coefficient (Wildman–Crippen LogP) is 2.97. The minimum atomic E-state index is -1.28. The zero-order chi connectivity index (χ0) is 26.3. The van der Waals surface area contributed by atoms with Gasteiger partial charge in [0.2, 0.25) is 5.28 Å². The predicted molar refractivity (Wildman–Crippen MR) is 143 cm³/mol. The maximum Gasteiger partial charge on any atom is 0.226 e. The molecule has 38 heavy (non-hydrogen) atoms. The molecular weight excluding hydrogens is 506 g/mol. The van der Waals surface area contributed by atoms with Gasteiger partial charge in [-0.25, -0.2) is 4.98 Å². The Labute approximate surface area is 223 Å². The van der Waals surface area contributed by atoms with Gasteiger partial charge < -0.3 is 25.0 Å². The molecule has 194 valence electrons. The molecular formula is C28H26ClN5O4. The first kappa shape index (κ1) is 24.7. The van der Waals surface area contributed by atoms with E-state index in [0.717, 1.165) is 11.1 Å².